The second-order valence-corrected chi connectivity index (χ2v) is 6.26. The Bertz CT molecular complexity index is 780. The molecule has 2 atom stereocenters. The zero-order valence-corrected chi connectivity index (χ0v) is 15.6. The van der Waals surface area contributed by atoms with Gasteiger partial charge in [-0.3, -0.25) is 4.79 Å². The number of carbonyl (C=O) groups is 3. The average Bonchev–Trinajstić information content (AvgIpc) is 2.71. The van der Waals surface area contributed by atoms with Gasteiger partial charge in [-0.25, -0.2) is 9.59 Å². The van der Waals surface area contributed by atoms with Crippen molar-refractivity contribution in [2.75, 3.05) is 0 Å². The number of ether oxygens (including phenoxy) is 1. The van der Waals surface area contributed by atoms with Crippen LogP contribution in [0.2, 0.25) is 0 Å². The van der Waals surface area contributed by atoms with E-state index in [1.165, 1.54) is 0 Å². The van der Waals surface area contributed by atoms with Gasteiger partial charge in [-0.1, -0.05) is 67.6 Å². The monoisotopic (exact) mass is 384 g/mol. The van der Waals surface area contributed by atoms with E-state index >= 15 is 0 Å². The number of hydrogen-bond acceptors (Lipinski definition) is 4. The van der Waals surface area contributed by atoms with Crippen molar-refractivity contribution in [1.82, 2.24) is 10.6 Å². The number of amides is 2. The molecule has 0 aromatic heterocycles. The topological polar surface area (TPSA) is 105 Å². The molecule has 0 aliphatic heterocycles. The Labute approximate surface area is 163 Å². The van der Waals surface area contributed by atoms with E-state index in [0.717, 1.165) is 11.1 Å². The third-order valence-corrected chi connectivity index (χ3v) is 4.13. The molecule has 0 aliphatic carbocycles. The molecule has 0 fully saturated rings. The molecule has 2 rings (SSSR count). The van der Waals surface area contributed by atoms with Crippen LogP contribution in [0.5, 0.6) is 0 Å². The van der Waals surface area contributed by atoms with Crippen LogP contribution >= 0.6 is 0 Å². The number of alkyl carbamates (subject to hydrolysis) is 1. The smallest absolute Gasteiger partial charge is 0.408 e. The normalized spacial score (nSPS) is 12.5. The summed E-state index contributed by atoms with van der Waals surface area (Å²) in [4.78, 5) is 36.0. The maximum absolute atomic E-state index is 12.6. The summed E-state index contributed by atoms with van der Waals surface area (Å²) >= 11 is 0. The van der Waals surface area contributed by atoms with Crippen LogP contribution in [0.4, 0.5) is 4.79 Å². The van der Waals surface area contributed by atoms with Crippen LogP contribution < -0.4 is 10.6 Å². The Balaban J connectivity index is 2.03. The second kappa shape index (κ2) is 10.7. The van der Waals surface area contributed by atoms with Gasteiger partial charge >= 0.3 is 12.1 Å². The average molecular weight is 384 g/mol. The lowest BCUT2D eigenvalue weighted by Gasteiger charge is -2.21. The van der Waals surface area contributed by atoms with Crippen LogP contribution in [-0.4, -0.2) is 35.2 Å². The highest BCUT2D eigenvalue weighted by molar-refractivity contribution is 5.89. The van der Waals surface area contributed by atoms with Gasteiger partial charge in [-0.2, -0.15) is 0 Å². The molecule has 0 saturated heterocycles. The maximum Gasteiger partial charge on any atom is 0.408 e. The molecule has 0 unspecified atom stereocenters. The van der Waals surface area contributed by atoms with Crippen LogP contribution in [0.1, 0.15) is 24.5 Å². The van der Waals surface area contributed by atoms with Gasteiger partial charge in [0.1, 0.15) is 18.7 Å². The van der Waals surface area contributed by atoms with Crippen LogP contribution in [-0.2, 0) is 27.4 Å². The predicted molar refractivity (Wildman–Crippen MR) is 104 cm³/mol. The van der Waals surface area contributed by atoms with Gasteiger partial charge < -0.3 is 20.5 Å². The molecule has 2 aromatic carbocycles. The molecule has 28 heavy (non-hydrogen) atoms. The Morgan fingerprint density at radius 2 is 1.46 bits per heavy atom. The number of carbonyl (C=O) groups excluding carboxylic acids is 2. The van der Waals surface area contributed by atoms with E-state index in [-0.39, 0.29) is 19.4 Å². The minimum atomic E-state index is -1.12. The Hall–Kier alpha value is -3.35. The number of nitrogens with one attached hydrogen (secondary N) is 2. The number of rotatable bonds is 9. The summed E-state index contributed by atoms with van der Waals surface area (Å²) in [5.74, 6) is -1.70. The van der Waals surface area contributed by atoms with Crippen molar-refractivity contribution >= 4 is 18.0 Å². The first-order valence-corrected chi connectivity index (χ1v) is 9.04. The lowest BCUT2D eigenvalue weighted by Crippen LogP contribution is -2.52. The molecule has 3 N–H and O–H groups in total. The van der Waals surface area contributed by atoms with E-state index in [1.807, 2.05) is 60.7 Å². The minimum absolute atomic E-state index is 0.0685. The molecule has 2 amide bonds. The van der Waals surface area contributed by atoms with Crippen LogP contribution in [0, 0.1) is 0 Å². The standard InChI is InChI=1S/C21H24N2O5/c1-2-17(20(25)26)22-19(24)18(13-15-9-5-3-6-10-15)23-21(27)28-14-16-11-7-4-8-12-16/h3-12,17-18H,2,13-14H2,1H3,(H,22,24)(H,23,27)(H,25,26)/t17-,18-/m0/s1. The van der Waals surface area contributed by atoms with Crippen LogP contribution in [0.15, 0.2) is 60.7 Å². The van der Waals surface area contributed by atoms with Gasteiger partial charge in [-0.15, -0.1) is 0 Å². The quantitative estimate of drug-likeness (QED) is 0.616. The molecule has 2 aromatic rings. The van der Waals surface area contributed by atoms with E-state index in [9.17, 15) is 14.4 Å². The van der Waals surface area contributed by atoms with Crippen molar-refractivity contribution in [3.05, 3.63) is 71.8 Å². The van der Waals surface area contributed by atoms with Crippen molar-refractivity contribution < 1.29 is 24.2 Å². The summed E-state index contributed by atoms with van der Waals surface area (Å²) in [6.07, 6.45) is -0.302. The maximum atomic E-state index is 12.6. The van der Waals surface area contributed by atoms with Gasteiger partial charge in [-0.05, 0) is 17.5 Å². The summed E-state index contributed by atoms with van der Waals surface area (Å²) in [6.45, 7) is 1.73. The third-order valence-electron chi connectivity index (χ3n) is 4.13. The molecule has 7 nitrogen and oxygen atoms in total. The van der Waals surface area contributed by atoms with E-state index in [2.05, 4.69) is 10.6 Å². The summed E-state index contributed by atoms with van der Waals surface area (Å²) in [7, 11) is 0. The fourth-order valence-electron chi connectivity index (χ4n) is 2.58. The van der Waals surface area contributed by atoms with Crippen LogP contribution in [0.25, 0.3) is 0 Å². The molecule has 0 aliphatic rings. The Morgan fingerprint density at radius 1 is 0.893 bits per heavy atom. The van der Waals surface area contributed by atoms with E-state index in [4.69, 9.17) is 9.84 Å². The highest BCUT2D eigenvalue weighted by Crippen LogP contribution is 2.06. The molecule has 0 radical (unpaired) electrons. The molecular formula is C21H24N2O5. The largest absolute Gasteiger partial charge is 0.480 e. The van der Waals surface area contributed by atoms with E-state index in [0.29, 0.717) is 0 Å². The van der Waals surface area contributed by atoms with Gasteiger partial charge in [0.05, 0.1) is 0 Å². The van der Waals surface area contributed by atoms with Gasteiger partial charge in [0.25, 0.3) is 0 Å². The lowest BCUT2D eigenvalue weighted by atomic mass is 10.0. The molecule has 0 bridgehead atoms. The second-order valence-electron chi connectivity index (χ2n) is 6.26. The molecule has 0 spiro atoms. The van der Waals surface area contributed by atoms with E-state index < -0.39 is 30.1 Å². The summed E-state index contributed by atoms with van der Waals surface area (Å²) in [5.41, 5.74) is 1.65. The first-order valence-electron chi connectivity index (χ1n) is 9.04. The van der Waals surface area contributed by atoms with Crippen molar-refractivity contribution in [2.45, 2.75) is 38.5 Å². The van der Waals surface area contributed by atoms with Crippen molar-refractivity contribution in [3.63, 3.8) is 0 Å². The highest BCUT2D eigenvalue weighted by Gasteiger charge is 2.26. The van der Waals surface area contributed by atoms with Gasteiger partial charge in [0.15, 0.2) is 0 Å². The minimum Gasteiger partial charge on any atom is -0.480 e. The summed E-state index contributed by atoms with van der Waals surface area (Å²) < 4.78 is 5.18. The molecule has 148 valence electrons. The van der Waals surface area contributed by atoms with Gasteiger partial charge in [0.2, 0.25) is 5.91 Å². The first-order chi connectivity index (χ1) is 13.5. The Morgan fingerprint density at radius 3 is 2.00 bits per heavy atom. The third kappa shape index (κ3) is 6.75. The number of carboxylic acids is 1. The van der Waals surface area contributed by atoms with Gasteiger partial charge in [0, 0.05) is 6.42 Å². The van der Waals surface area contributed by atoms with Crippen molar-refractivity contribution in [3.8, 4) is 0 Å². The number of benzene rings is 2. The fourth-order valence-corrected chi connectivity index (χ4v) is 2.58. The molecule has 0 heterocycles. The lowest BCUT2D eigenvalue weighted by molar-refractivity contribution is -0.142. The number of hydrogen-bond donors (Lipinski definition) is 3. The van der Waals surface area contributed by atoms with Crippen LogP contribution in [0.3, 0.4) is 0 Å². The first kappa shape index (κ1) is 21.0. The zero-order valence-electron chi connectivity index (χ0n) is 15.6. The van der Waals surface area contributed by atoms with Crippen molar-refractivity contribution in [1.29, 1.82) is 0 Å². The summed E-state index contributed by atoms with van der Waals surface area (Å²) in [6, 6.07) is 16.3. The van der Waals surface area contributed by atoms with E-state index in [1.54, 1.807) is 6.92 Å². The number of carboxylic acid groups (broad SMARTS) is 1. The molecule has 0 saturated carbocycles. The Kier molecular flexibility index (Phi) is 8.02. The summed E-state index contributed by atoms with van der Waals surface area (Å²) in [5, 5.41) is 14.2. The fraction of sp³-hybridized carbons (Fsp3) is 0.286. The SMILES string of the molecule is CC[C@H](NC(=O)[C@H](Cc1ccccc1)NC(=O)OCc1ccccc1)C(=O)O. The molecular weight excluding hydrogens is 360 g/mol. The molecule has 7 heteroatoms. The highest BCUT2D eigenvalue weighted by atomic mass is 16.5. The van der Waals surface area contributed by atoms with Crippen molar-refractivity contribution in [2.24, 2.45) is 0 Å². The predicted octanol–water partition coefficient (Wildman–Crippen LogP) is 2.50. The number of aliphatic carboxylic acids is 1. The zero-order chi connectivity index (χ0) is 20.4.